The van der Waals surface area contributed by atoms with E-state index in [0.717, 1.165) is 22.0 Å². The molecular weight excluding hydrogens is 386 g/mol. The third-order valence-corrected chi connectivity index (χ3v) is 5.71. The van der Waals surface area contributed by atoms with Crippen molar-refractivity contribution in [1.29, 1.82) is 0 Å². The molecule has 0 spiro atoms. The maximum absolute atomic E-state index is 12.7. The standard InChI is InChI=1S/C19H18BrNO2S/c1-13-5-11-16(12-6-13)24(23)21-19(17-3-2-4-18(17)22)14-7-9-15(20)10-8-14/h3,5-12,19,21H,2,4H2,1H3/t19-,24?/m1/s1. The summed E-state index contributed by atoms with van der Waals surface area (Å²) in [6.45, 7) is 1.99. The Morgan fingerprint density at radius 1 is 1.08 bits per heavy atom. The first-order chi connectivity index (χ1) is 11.5. The lowest BCUT2D eigenvalue weighted by Gasteiger charge is -2.19. The van der Waals surface area contributed by atoms with E-state index < -0.39 is 11.0 Å². The molecule has 0 bridgehead atoms. The van der Waals surface area contributed by atoms with Crippen molar-refractivity contribution in [3.8, 4) is 0 Å². The molecule has 2 aromatic rings. The molecule has 2 atom stereocenters. The van der Waals surface area contributed by atoms with Crippen LogP contribution in [0.1, 0.15) is 30.0 Å². The van der Waals surface area contributed by atoms with Crippen LogP contribution in [0, 0.1) is 6.92 Å². The predicted octanol–water partition coefficient (Wildman–Crippen LogP) is 4.40. The molecular formula is C19H18BrNO2S. The maximum Gasteiger partial charge on any atom is 0.160 e. The van der Waals surface area contributed by atoms with E-state index in [1.165, 1.54) is 0 Å². The van der Waals surface area contributed by atoms with Gasteiger partial charge in [0.1, 0.15) is 11.0 Å². The topological polar surface area (TPSA) is 46.2 Å². The fraction of sp³-hybridized carbons (Fsp3) is 0.211. The number of nitrogens with one attached hydrogen (secondary N) is 1. The van der Waals surface area contributed by atoms with Crippen LogP contribution in [0.3, 0.4) is 0 Å². The molecule has 0 amide bonds. The largest absolute Gasteiger partial charge is 0.294 e. The molecule has 0 heterocycles. The van der Waals surface area contributed by atoms with E-state index in [-0.39, 0.29) is 11.8 Å². The van der Waals surface area contributed by atoms with Crippen molar-refractivity contribution >= 4 is 32.7 Å². The van der Waals surface area contributed by atoms with Crippen LogP contribution in [0.15, 0.2) is 69.5 Å². The van der Waals surface area contributed by atoms with Gasteiger partial charge in [0.15, 0.2) is 5.78 Å². The van der Waals surface area contributed by atoms with Crippen molar-refractivity contribution in [2.75, 3.05) is 0 Å². The number of hydrogen-bond acceptors (Lipinski definition) is 2. The normalized spacial score (nSPS) is 16.8. The predicted molar refractivity (Wildman–Crippen MR) is 99.9 cm³/mol. The zero-order chi connectivity index (χ0) is 17.1. The molecule has 1 aliphatic rings. The van der Waals surface area contributed by atoms with Crippen LogP contribution < -0.4 is 4.72 Å². The minimum atomic E-state index is -1.39. The number of carbonyl (C=O) groups excluding carboxylic acids is 1. The van der Waals surface area contributed by atoms with Crippen molar-refractivity contribution in [1.82, 2.24) is 4.72 Å². The molecule has 5 heteroatoms. The van der Waals surface area contributed by atoms with E-state index >= 15 is 0 Å². The van der Waals surface area contributed by atoms with Crippen LogP contribution in [0.2, 0.25) is 0 Å². The van der Waals surface area contributed by atoms with E-state index in [4.69, 9.17) is 0 Å². The molecule has 0 radical (unpaired) electrons. The summed E-state index contributed by atoms with van der Waals surface area (Å²) in [5, 5.41) is 0. The Hall–Kier alpha value is -1.56. The first kappa shape index (κ1) is 17.3. The second-order valence-corrected chi connectivity index (χ2v) is 7.97. The first-order valence-corrected chi connectivity index (χ1v) is 9.72. The van der Waals surface area contributed by atoms with Crippen molar-refractivity contribution < 1.29 is 9.00 Å². The Labute approximate surface area is 152 Å². The summed E-state index contributed by atoms with van der Waals surface area (Å²) in [6.07, 6.45) is 3.23. The second kappa shape index (κ2) is 7.55. The summed E-state index contributed by atoms with van der Waals surface area (Å²) in [5.41, 5.74) is 2.76. The fourth-order valence-corrected chi connectivity index (χ4v) is 3.96. The Morgan fingerprint density at radius 3 is 2.33 bits per heavy atom. The van der Waals surface area contributed by atoms with Crippen molar-refractivity contribution in [2.45, 2.75) is 30.7 Å². The maximum atomic E-state index is 12.7. The Bertz CT molecular complexity index is 797. The molecule has 124 valence electrons. The third-order valence-electron chi connectivity index (χ3n) is 4.03. The Kier molecular flexibility index (Phi) is 5.43. The summed E-state index contributed by atoms with van der Waals surface area (Å²) < 4.78 is 16.8. The number of ketones is 1. The van der Waals surface area contributed by atoms with E-state index in [1.54, 1.807) is 0 Å². The summed E-state index contributed by atoms with van der Waals surface area (Å²) in [7, 11) is -1.39. The van der Waals surface area contributed by atoms with Crippen LogP contribution >= 0.6 is 15.9 Å². The molecule has 2 aromatic carbocycles. The molecule has 24 heavy (non-hydrogen) atoms. The van der Waals surface area contributed by atoms with Crippen LogP contribution in [0.25, 0.3) is 0 Å². The van der Waals surface area contributed by atoms with Crippen molar-refractivity contribution in [2.24, 2.45) is 0 Å². The number of aryl methyl sites for hydroxylation is 1. The van der Waals surface area contributed by atoms with Gasteiger partial charge >= 0.3 is 0 Å². The number of hydrogen-bond donors (Lipinski definition) is 1. The molecule has 1 aliphatic carbocycles. The van der Waals surface area contributed by atoms with Gasteiger partial charge < -0.3 is 0 Å². The lowest BCUT2D eigenvalue weighted by molar-refractivity contribution is -0.115. The molecule has 0 fully saturated rings. The molecule has 3 rings (SSSR count). The number of carbonyl (C=O) groups is 1. The van der Waals surface area contributed by atoms with Gasteiger partial charge in [-0.05, 0) is 43.2 Å². The number of benzene rings is 2. The lowest BCUT2D eigenvalue weighted by atomic mass is 9.98. The highest BCUT2D eigenvalue weighted by Gasteiger charge is 2.27. The highest BCUT2D eigenvalue weighted by atomic mass is 79.9. The van der Waals surface area contributed by atoms with Gasteiger partial charge in [0, 0.05) is 16.5 Å². The molecule has 1 unspecified atom stereocenters. The van der Waals surface area contributed by atoms with Gasteiger partial charge in [-0.25, -0.2) is 8.93 Å². The zero-order valence-corrected chi connectivity index (χ0v) is 15.7. The molecule has 1 N–H and O–H groups in total. The quantitative estimate of drug-likeness (QED) is 0.803. The molecule has 0 saturated carbocycles. The van der Waals surface area contributed by atoms with E-state index in [1.807, 2.05) is 61.5 Å². The van der Waals surface area contributed by atoms with Gasteiger partial charge in [0.05, 0.1) is 10.9 Å². The van der Waals surface area contributed by atoms with E-state index in [0.29, 0.717) is 16.9 Å². The molecule has 0 saturated heterocycles. The number of rotatable bonds is 5. The van der Waals surface area contributed by atoms with Gasteiger partial charge in [0.25, 0.3) is 0 Å². The Morgan fingerprint density at radius 2 is 1.75 bits per heavy atom. The number of Topliss-reactive ketones (excluding diaryl/α,β-unsaturated/α-hetero) is 1. The van der Waals surface area contributed by atoms with Crippen LogP contribution in [0.4, 0.5) is 0 Å². The van der Waals surface area contributed by atoms with Crippen LogP contribution in [0.5, 0.6) is 0 Å². The lowest BCUT2D eigenvalue weighted by Crippen LogP contribution is -2.27. The second-order valence-electron chi connectivity index (χ2n) is 5.81. The number of halogens is 1. The van der Waals surface area contributed by atoms with Gasteiger partial charge in [-0.1, -0.05) is 51.8 Å². The molecule has 0 aliphatic heterocycles. The van der Waals surface area contributed by atoms with Crippen molar-refractivity contribution in [3.05, 3.63) is 75.8 Å². The van der Waals surface area contributed by atoms with E-state index in [2.05, 4.69) is 20.7 Å². The Balaban J connectivity index is 1.90. The van der Waals surface area contributed by atoms with Gasteiger partial charge in [-0.15, -0.1) is 0 Å². The third kappa shape index (κ3) is 3.91. The van der Waals surface area contributed by atoms with Gasteiger partial charge in [-0.2, -0.15) is 0 Å². The summed E-state index contributed by atoms with van der Waals surface area (Å²) in [5.74, 6) is 0.122. The van der Waals surface area contributed by atoms with Crippen LogP contribution in [-0.2, 0) is 15.8 Å². The van der Waals surface area contributed by atoms with Gasteiger partial charge in [0.2, 0.25) is 0 Å². The summed E-state index contributed by atoms with van der Waals surface area (Å²) in [4.78, 5) is 12.9. The monoisotopic (exact) mass is 403 g/mol. The molecule has 0 aromatic heterocycles. The minimum absolute atomic E-state index is 0.122. The first-order valence-electron chi connectivity index (χ1n) is 7.78. The van der Waals surface area contributed by atoms with Crippen LogP contribution in [-0.4, -0.2) is 9.99 Å². The highest BCUT2D eigenvalue weighted by molar-refractivity contribution is 9.10. The van der Waals surface area contributed by atoms with Crippen molar-refractivity contribution in [3.63, 3.8) is 0 Å². The smallest absolute Gasteiger partial charge is 0.160 e. The fourth-order valence-electron chi connectivity index (χ4n) is 2.70. The number of allylic oxidation sites excluding steroid dienone is 1. The zero-order valence-electron chi connectivity index (χ0n) is 13.3. The highest BCUT2D eigenvalue weighted by Crippen LogP contribution is 2.30. The minimum Gasteiger partial charge on any atom is -0.294 e. The summed E-state index contributed by atoms with van der Waals surface area (Å²) in [6, 6.07) is 14.9. The summed E-state index contributed by atoms with van der Waals surface area (Å²) >= 11 is 3.42. The van der Waals surface area contributed by atoms with Gasteiger partial charge in [-0.3, -0.25) is 4.79 Å². The SMILES string of the molecule is Cc1ccc(S(=O)N[C@@H](C2=CCCC2=O)c2ccc(Br)cc2)cc1. The molecule has 3 nitrogen and oxygen atoms in total. The average molecular weight is 404 g/mol. The average Bonchev–Trinajstić information content (AvgIpc) is 3.00. The van der Waals surface area contributed by atoms with E-state index in [9.17, 15) is 9.00 Å².